The second-order valence-electron chi connectivity index (χ2n) is 7.18. The Morgan fingerprint density at radius 3 is 2.45 bits per heavy atom. The number of amides is 4. The molecule has 2 N–H and O–H groups in total. The number of esters is 1. The third-order valence-corrected chi connectivity index (χ3v) is 5.18. The fourth-order valence-corrected chi connectivity index (χ4v) is 3.74. The molecule has 0 bridgehead atoms. The molecular formula is C21H25N3O5. The van der Waals surface area contributed by atoms with Gasteiger partial charge in [0.25, 0.3) is 0 Å². The van der Waals surface area contributed by atoms with E-state index in [4.69, 9.17) is 4.74 Å². The molecule has 0 spiro atoms. The van der Waals surface area contributed by atoms with Crippen LogP contribution in [0.25, 0.3) is 0 Å². The maximum atomic E-state index is 13.0. The zero-order chi connectivity index (χ0) is 21.0. The number of rotatable bonds is 6. The van der Waals surface area contributed by atoms with E-state index in [9.17, 15) is 19.2 Å². The summed E-state index contributed by atoms with van der Waals surface area (Å²) < 4.78 is 4.94. The van der Waals surface area contributed by atoms with Crippen molar-refractivity contribution in [1.82, 2.24) is 10.2 Å². The fourth-order valence-electron chi connectivity index (χ4n) is 3.74. The van der Waals surface area contributed by atoms with Crippen LogP contribution in [0.3, 0.4) is 0 Å². The minimum atomic E-state index is -1.20. The molecule has 1 aromatic carbocycles. The number of carbonyl (C=O) groups excluding carboxylic acids is 4. The van der Waals surface area contributed by atoms with Crippen LogP contribution < -0.4 is 10.6 Å². The molecule has 0 unspecified atom stereocenters. The van der Waals surface area contributed by atoms with Crippen molar-refractivity contribution >= 4 is 29.5 Å². The van der Waals surface area contributed by atoms with Crippen LogP contribution >= 0.6 is 0 Å². The van der Waals surface area contributed by atoms with Crippen LogP contribution in [0, 0.1) is 5.92 Å². The summed E-state index contributed by atoms with van der Waals surface area (Å²) in [6.45, 7) is 5.85. The van der Waals surface area contributed by atoms with Gasteiger partial charge < -0.3 is 10.1 Å². The van der Waals surface area contributed by atoms with Gasteiger partial charge in [0.2, 0.25) is 11.8 Å². The summed E-state index contributed by atoms with van der Waals surface area (Å²) in [7, 11) is 0. The average molecular weight is 399 g/mol. The van der Waals surface area contributed by atoms with Gasteiger partial charge in [-0.25, -0.2) is 9.59 Å². The molecule has 8 nitrogen and oxygen atoms in total. The summed E-state index contributed by atoms with van der Waals surface area (Å²) in [5.74, 6) is -2.86. The number of nitrogens with zero attached hydrogens (tertiary/aromatic N) is 1. The van der Waals surface area contributed by atoms with E-state index in [2.05, 4.69) is 17.2 Å². The van der Waals surface area contributed by atoms with Crippen molar-refractivity contribution in [2.75, 3.05) is 11.9 Å². The van der Waals surface area contributed by atoms with Gasteiger partial charge in [0.1, 0.15) is 0 Å². The van der Waals surface area contributed by atoms with Gasteiger partial charge in [-0.15, -0.1) is 0 Å². The quantitative estimate of drug-likeness (QED) is 0.563. The molecule has 2 fully saturated rings. The van der Waals surface area contributed by atoms with Gasteiger partial charge >= 0.3 is 12.0 Å². The molecule has 1 saturated heterocycles. The first-order chi connectivity index (χ1) is 13.9. The van der Waals surface area contributed by atoms with Crippen molar-refractivity contribution in [3.63, 3.8) is 0 Å². The largest absolute Gasteiger partial charge is 0.462 e. The number of ether oxygens (including phenoxy) is 1. The number of anilines is 1. The Morgan fingerprint density at radius 2 is 1.83 bits per heavy atom. The molecular weight excluding hydrogens is 374 g/mol. The van der Waals surface area contributed by atoms with Crippen molar-refractivity contribution in [3.8, 4) is 0 Å². The molecule has 1 heterocycles. The van der Waals surface area contributed by atoms with Crippen LogP contribution in [0.2, 0.25) is 0 Å². The SMILES string of the molecule is C=C(Nc1ccc(C(=O)OCC)cc1)[C@H]1C(=O)NC(=O)N(C2CCCCC2)C1=O. The smallest absolute Gasteiger partial charge is 0.338 e. The van der Waals surface area contributed by atoms with Crippen molar-refractivity contribution in [2.24, 2.45) is 5.92 Å². The number of imide groups is 2. The van der Waals surface area contributed by atoms with E-state index in [1.807, 2.05) is 0 Å². The average Bonchev–Trinajstić information content (AvgIpc) is 2.69. The lowest BCUT2D eigenvalue weighted by Gasteiger charge is -2.38. The number of hydrogen-bond donors (Lipinski definition) is 2. The van der Waals surface area contributed by atoms with E-state index in [1.165, 1.54) is 4.90 Å². The first kappa shape index (κ1) is 20.6. The second-order valence-corrected chi connectivity index (χ2v) is 7.18. The number of carbonyl (C=O) groups is 4. The number of benzene rings is 1. The zero-order valence-electron chi connectivity index (χ0n) is 16.4. The lowest BCUT2D eigenvalue weighted by molar-refractivity contribution is -0.142. The van der Waals surface area contributed by atoms with Gasteiger partial charge in [-0.3, -0.25) is 19.8 Å². The Kier molecular flexibility index (Phi) is 6.31. The van der Waals surface area contributed by atoms with Crippen LogP contribution in [-0.2, 0) is 14.3 Å². The number of urea groups is 1. The van der Waals surface area contributed by atoms with Crippen LogP contribution in [0.5, 0.6) is 0 Å². The summed E-state index contributed by atoms with van der Waals surface area (Å²) >= 11 is 0. The first-order valence-corrected chi connectivity index (χ1v) is 9.83. The molecule has 0 radical (unpaired) electrons. The molecule has 154 valence electrons. The molecule has 2 aliphatic rings. The van der Waals surface area contributed by atoms with E-state index in [0.29, 0.717) is 11.3 Å². The predicted octanol–water partition coefficient (Wildman–Crippen LogP) is 2.82. The van der Waals surface area contributed by atoms with E-state index in [1.54, 1.807) is 31.2 Å². The normalized spacial score (nSPS) is 20.2. The van der Waals surface area contributed by atoms with E-state index < -0.39 is 29.7 Å². The molecule has 1 aliphatic heterocycles. The molecule has 1 aliphatic carbocycles. The predicted molar refractivity (Wildman–Crippen MR) is 106 cm³/mol. The van der Waals surface area contributed by atoms with Crippen LogP contribution in [0.15, 0.2) is 36.5 Å². The van der Waals surface area contributed by atoms with Gasteiger partial charge in [0, 0.05) is 17.4 Å². The maximum absolute atomic E-state index is 13.0. The monoisotopic (exact) mass is 399 g/mol. The molecule has 0 aromatic heterocycles. The van der Waals surface area contributed by atoms with Crippen LogP contribution in [0.1, 0.15) is 49.4 Å². The Labute approximate surface area is 169 Å². The third kappa shape index (κ3) is 4.47. The van der Waals surface area contributed by atoms with Crippen molar-refractivity contribution in [1.29, 1.82) is 0 Å². The molecule has 8 heteroatoms. The summed E-state index contributed by atoms with van der Waals surface area (Å²) in [6.07, 6.45) is 4.47. The highest BCUT2D eigenvalue weighted by atomic mass is 16.5. The van der Waals surface area contributed by atoms with E-state index >= 15 is 0 Å². The van der Waals surface area contributed by atoms with Crippen molar-refractivity contribution in [3.05, 3.63) is 42.1 Å². The highest BCUT2D eigenvalue weighted by molar-refractivity contribution is 6.18. The van der Waals surface area contributed by atoms with Gasteiger partial charge in [0.15, 0.2) is 5.92 Å². The topological polar surface area (TPSA) is 105 Å². The number of hydrogen-bond acceptors (Lipinski definition) is 6. The maximum Gasteiger partial charge on any atom is 0.338 e. The molecule has 29 heavy (non-hydrogen) atoms. The lowest BCUT2D eigenvalue weighted by atomic mass is 9.91. The zero-order valence-corrected chi connectivity index (χ0v) is 16.4. The highest BCUT2D eigenvalue weighted by Gasteiger charge is 2.45. The lowest BCUT2D eigenvalue weighted by Crippen LogP contribution is -2.61. The summed E-state index contributed by atoms with van der Waals surface area (Å²) in [5.41, 5.74) is 1.12. The van der Waals surface area contributed by atoms with E-state index in [0.717, 1.165) is 32.1 Å². The fraction of sp³-hybridized carbons (Fsp3) is 0.429. The minimum Gasteiger partial charge on any atom is -0.462 e. The van der Waals surface area contributed by atoms with Crippen molar-refractivity contribution in [2.45, 2.75) is 45.1 Å². The summed E-state index contributed by atoms with van der Waals surface area (Å²) in [4.78, 5) is 50.5. The molecule has 1 aromatic rings. The van der Waals surface area contributed by atoms with Gasteiger partial charge in [-0.2, -0.15) is 0 Å². The van der Waals surface area contributed by atoms with Crippen LogP contribution in [-0.4, -0.2) is 41.4 Å². The molecule has 4 amide bonds. The first-order valence-electron chi connectivity index (χ1n) is 9.83. The van der Waals surface area contributed by atoms with E-state index in [-0.39, 0.29) is 18.3 Å². The Balaban J connectivity index is 1.71. The summed E-state index contributed by atoms with van der Waals surface area (Å²) in [6, 6.07) is 5.57. The minimum absolute atomic E-state index is 0.171. The Hall–Kier alpha value is -3.16. The van der Waals surface area contributed by atoms with Crippen molar-refractivity contribution < 1.29 is 23.9 Å². The van der Waals surface area contributed by atoms with Gasteiger partial charge in [0.05, 0.1) is 12.2 Å². The number of barbiturate groups is 1. The summed E-state index contributed by atoms with van der Waals surface area (Å²) in [5, 5.41) is 5.22. The molecule has 3 rings (SSSR count). The molecule has 1 atom stereocenters. The van der Waals surface area contributed by atoms with Crippen LogP contribution in [0.4, 0.5) is 10.5 Å². The second kappa shape index (κ2) is 8.89. The standard InChI is InChI=1S/C21H25N3O5/c1-3-29-20(27)14-9-11-15(12-10-14)22-13(2)17-18(25)23-21(28)24(19(17)26)16-7-5-4-6-8-16/h9-12,16-17,22H,2-8H2,1H3,(H,23,25,28)/t17-/m0/s1. The molecule has 1 saturated carbocycles. The highest BCUT2D eigenvalue weighted by Crippen LogP contribution is 2.28. The third-order valence-electron chi connectivity index (χ3n) is 5.18. The van der Waals surface area contributed by atoms with Gasteiger partial charge in [-0.05, 0) is 44.0 Å². The van der Waals surface area contributed by atoms with Gasteiger partial charge in [-0.1, -0.05) is 25.8 Å². The Bertz CT molecular complexity index is 827. The Morgan fingerprint density at radius 1 is 1.17 bits per heavy atom. The number of nitrogens with one attached hydrogen (secondary N) is 2.